The van der Waals surface area contributed by atoms with Gasteiger partial charge in [-0.2, -0.15) is 4.98 Å². The second-order valence-corrected chi connectivity index (χ2v) is 7.50. The highest BCUT2D eigenvalue weighted by Gasteiger charge is 2.26. The van der Waals surface area contributed by atoms with Crippen LogP contribution in [0.3, 0.4) is 0 Å². The van der Waals surface area contributed by atoms with E-state index in [2.05, 4.69) is 15.5 Å². The van der Waals surface area contributed by atoms with Crippen molar-refractivity contribution in [2.75, 3.05) is 25.1 Å². The van der Waals surface area contributed by atoms with Crippen LogP contribution in [-0.2, 0) is 22.6 Å². The molecule has 0 bridgehead atoms. The van der Waals surface area contributed by atoms with E-state index < -0.39 is 0 Å². The minimum atomic E-state index is -0.268. The molecule has 0 fully saturated rings. The zero-order valence-corrected chi connectivity index (χ0v) is 17.0. The number of carbonyl (C=O) groups is 1. The fourth-order valence-electron chi connectivity index (χ4n) is 3.06. The van der Waals surface area contributed by atoms with Crippen LogP contribution < -0.4 is 14.8 Å². The van der Waals surface area contributed by atoms with Crippen molar-refractivity contribution in [2.24, 2.45) is 0 Å². The van der Waals surface area contributed by atoms with Crippen molar-refractivity contribution >= 4 is 22.2 Å². The Kier molecular flexibility index (Phi) is 5.77. The maximum absolute atomic E-state index is 12.5. The lowest BCUT2D eigenvalue weighted by molar-refractivity contribution is -0.118. The maximum atomic E-state index is 12.5. The summed E-state index contributed by atoms with van der Waals surface area (Å²) in [5.74, 6) is 2.04. The molecule has 3 heterocycles. The highest BCUT2D eigenvalue weighted by molar-refractivity contribution is 7.17. The van der Waals surface area contributed by atoms with Gasteiger partial charge in [0.25, 0.3) is 11.8 Å². The van der Waals surface area contributed by atoms with Gasteiger partial charge in [0.2, 0.25) is 0 Å². The van der Waals surface area contributed by atoms with Crippen LogP contribution in [-0.4, -0.2) is 35.9 Å². The van der Waals surface area contributed by atoms with E-state index in [-0.39, 0.29) is 12.5 Å². The number of amides is 1. The van der Waals surface area contributed by atoms with Gasteiger partial charge in [-0.1, -0.05) is 5.16 Å². The van der Waals surface area contributed by atoms with Gasteiger partial charge in [0.1, 0.15) is 16.5 Å². The number of rotatable bonds is 7. The van der Waals surface area contributed by atoms with E-state index in [1.165, 1.54) is 11.3 Å². The number of nitrogens with one attached hydrogen (secondary N) is 1. The smallest absolute Gasteiger partial charge is 0.262 e. The molecule has 4 rings (SSSR count). The van der Waals surface area contributed by atoms with Crippen molar-refractivity contribution in [1.29, 1.82) is 0 Å². The van der Waals surface area contributed by atoms with Crippen LogP contribution in [0.5, 0.6) is 11.5 Å². The third kappa shape index (κ3) is 4.41. The van der Waals surface area contributed by atoms with Crippen LogP contribution in [0.4, 0.5) is 5.00 Å². The average Bonchev–Trinajstić information content (AvgIpc) is 3.30. The van der Waals surface area contributed by atoms with Gasteiger partial charge in [0.05, 0.1) is 25.4 Å². The molecular weight excluding hydrogens is 394 g/mol. The fourth-order valence-corrected chi connectivity index (χ4v) is 4.25. The van der Waals surface area contributed by atoms with Gasteiger partial charge < -0.3 is 24.1 Å². The second kappa shape index (κ2) is 8.62. The first-order valence-electron chi connectivity index (χ1n) is 9.32. The molecule has 1 aliphatic heterocycles. The predicted molar refractivity (Wildman–Crippen MR) is 107 cm³/mol. The average molecular weight is 415 g/mol. The lowest BCUT2D eigenvalue weighted by Gasteiger charge is -2.12. The Bertz CT molecular complexity index is 996. The van der Waals surface area contributed by atoms with Gasteiger partial charge in [0.15, 0.2) is 12.4 Å². The van der Waals surface area contributed by atoms with E-state index >= 15 is 0 Å². The normalized spacial score (nSPS) is 13.0. The first-order chi connectivity index (χ1) is 14.1. The molecule has 0 aliphatic carbocycles. The van der Waals surface area contributed by atoms with Crippen LogP contribution in [0.1, 0.15) is 23.2 Å². The number of hydrogen-bond donors (Lipinski definition) is 1. The van der Waals surface area contributed by atoms with Crippen molar-refractivity contribution in [2.45, 2.75) is 26.9 Å². The molecule has 0 spiro atoms. The van der Waals surface area contributed by atoms with E-state index in [1.807, 2.05) is 6.92 Å². The van der Waals surface area contributed by atoms with E-state index in [0.29, 0.717) is 42.3 Å². The molecule has 0 unspecified atom stereocenters. The van der Waals surface area contributed by atoms with Crippen molar-refractivity contribution in [3.8, 4) is 23.0 Å². The monoisotopic (exact) mass is 415 g/mol. The van der Waals surface area contributed by atoms with E-state index in [4.69, 9.17) is 18.7 Å². The summed E-state index contributed by atoms with van der Waals surface area (Å²) in [6.07, 6.45) is 0.737. The number of fused-ring (bicyclic) bond motifs is 1. The molecule has 1 amide bonds. The van der Waals surface area contributed by atoms with Crippen LogP contribution in [0.25, 0.3) is 11.5 Å². The zero-order chi connectivity index (χ0) is 20.2. The van der Waals surface area contributed by atoms with Gasteiger partial charge in [0, 0.05) is 4.88 Å². The quantitative estimate of drug-likeness (QED) is 0.630. The predicted octanol–water partition coefficient (Wildman–Crippen LogP) is 3.60. The molecule has 1 aliphatic rings. The molecular formula is C20H21N3O5S. The Morgan fingerprint density at radius 3 is 2.69 bits per heavy atom. The van der Waals surface area contributed by atoms with Crippen molar-refractivity contribution in [3.63, 3.8) is 0 Å². The number of carbonyl (C=O) groups excluding carboxylic acids is 1. The number of benzene rings is 1. The third-order valence-corrected chi connectivity index (χ3v) is 5.44. The Morgan fingerprint density at radius 1 is 1.24 bits per heavy atom. The van der Waals surface area contributed by atoms with E-state index in [9.17, 15) is 4.79 Å². The van der Waals surface area contributed by atoms with Crippen LogP contribution in [0, 0.1) is 6.92 Å². The molecule has 1 aromatic carbocycles. The molecule has 9 heteroatoms. The summed E-state index contributed by atoms with van der Waals surface area (Å²) in [5, 5.41) is 7.47. The minimum absolute atomic E-state index is 0.116. The van der Waals surface area contributed by atoms with Crippen LogP contribution in [0.2, 0.25) is 0 Å². The molecule has 3 aromatic rings. The third-order valence-electron chi connectivity index (χ3n) is 4.32. The topological polar surface area (TPSA) is 95.7 Å². The molecule has 2 aromatic heterocycles. The standard InChI is InChI=1S/C20H21N3O5S/c1-3-26-13-4-6-14(7-5-13)27-11-17(24)22-20-18(19-21-12(2)23-28-19)15-8-9-25-10-16(15)29-20/h4-7H,3,8-11H2,1-2H3,(H,22,24). The summed E-state index contributed by atoms with van der Waals surface area (Å²) in [4.78, 5) is 17.9. The number of ether oxygens (including phenoxy) is 3. The Morgan fingerprint density at radius 2 is 2.00 bits per heavy atom. The number of aryl methyl sites for hydroxylation is 1. The van der Waals surface area contributed by atoms with E-state index in [1.54, 1.807) is 31.2 Å². The zero-order valence-electron chi connectivity index (χ0n) is 16.2. The van der Waals surface area contributed by atoms with E-state index in [0.717, 1.165) is 28.2 Å². The second-order valence-electron chi connectivity index (χ2n) is 6.40. The first kappa shape index (κ1) is 19.4. The lowest BCUT2D eigenvalue weighted by atomic mass is 10.1. The number of anilines is 1. The molecule has 29 heavy (non-hydrogen) atoms. The summed E-state index contributed by atoms with van der Waals surface area (Å²) >= 11 is 1.47. The van der Waals surface area contributed by atoms with Crippen molar-refractivity contribution in [1.82, 2.24) is 10.1 Å². The number of nitrogens with zero attached hydrogens (tertiary/aromatic N) is 2. The molecule has 0 radical (unpaired) electrons. The number of hydrogen-bond acceptors (Lipinski definition) is 8. The van der Waals surface area contributed by atoms with Gasteiger partial charge in [-0.25, -0.2) is 0 Å². The molecule has 0 saturated carbocycles. The van der Waals surface area contributed by atoms with Crippen molar-refractivity contribution < 1.29 is 23.5 Å². The molecule has 0 saturated heterocycles. The van der Waals surface area contributed by atoms with Crippen molar-refractivity contribution in [3.05, 3.63) is 40.5 Å². The highest BCUT2D eigenvalue weighted by Crippen LogP contribution is 2.42. The Labute approximate surface area is 171 Å². The Hall–Kier alpha value is -2.91. The molecule has 8 nitrogen and oxygen atoms in total. The summed E-state index contributed by atoms with van der Waals surface area (Å²) in [5.41, 5.74) is 1.87. The minimum Gasteiger partial charge on any atom is -0.494 e. The summed E-state index contributed by atoms with van der Waals surface area (Å²) in [7, 11) is 0. The molecule has 152 valence electrons. The largest absolute Gasteiger partial charge is 0.494 e. The number of thiophene rings is 1. The first-order valence-corrected chi connectivity index (χ1v) is 10.1. The summed E-state index contributed by atoms with van der Waals surface area (Å²) in [6.45, 7) is 5.30. The maximum Gasteiger partial charge on any atom is 0.262 e. The summed E-state index contributed by atoms with van der Waals surface area (Å²) < 4.78 is 21.9. The lowest BCUT2D eigenvalue weighted by Crippen LogP contribution is -2.20. The Balaban J connectivity index is 1.47. The van der Waals surface area contributed by atoms with Crippen LogP contribution in [0.15, 0.2) is 28.8 Å². The summed E-state index contributed by atoms with van der Waals surface area (Å²) in [6, 6.07) is 7.15. The van der Waals surface area contributed by atoms with Gasteiger partial charge >= 0.3 is 0 Å². The number of aromatic nitrogens is 2. The van der Waals surface area contributed by atoms with Crippen LogP contribution >= 0.6 is 11.3 Å². The SMILES string of the molecule is CCOc1ccc(OCC(=O)Nc2sc3c(c2-c2nc(C)no2)CCOC3)cc1. The van der Waals surface area contributed by atoms with Gasteiger partial charge in [-0.05, 0) is 50.1 Å². The van der Waals surface area contributed by atoms with Gasteiger partial charge in [-0.15, -0.1) is 11.3 Å². The molecule has 0 atom stereocenters. The molecule has 1 N–H and O–H groups in total. The van der Waals surface area contributed by atoms with Gasteiger partial charge in [-0.3, -0.25) is 4.79 Å². The highest BCUT2D eigenvalue weighted by atomic mass is 32.1. The fraction of sp³-hybridized carbons (Fsp3) is 0.350.